The molecule has 0 bridgehead atoms. The van der Waals surface area contributed by atoms with Crippen LogP contribution in [0.2, 0.25) is 0 Å². The zero-order valence-electron chi connectivity index (χ0n) is 14.7. The molecule has 25 heavy (non-hydrogen) atoms. The first-order valence-corrected chi connectivity index (χ1v) is 8.38. The van der Waals surface area contributed by atoms with Crippen molar-refractivity contribution < 1.29 is 14.3 Å². The van der Waals surface area contributed by atoms with Crippen LogP contribution in [0.5, 0.6) is 5.75 Å². The summed E-state index contributed by atoms with van der Waals surface area (Å²) in [5.74, 6) is 0.443. The lowest BCUT2D eigenvalue weighted by molar-refractivity contribution is -0.131. The molecule has 0 aliphatic heterocycles. The molecular formula is C20H24N2O3. The minimum atomic E-state index is -0.210. The number of hydrogen-bond donors (Lipinski definition) is 1. The molecular weight excluding hydrogens is 316 g/mol. The SMILES string of the molecule is CCN(Cc1ccccc1)C(=O)CCNC(=O)c1cccc(OC)c1. The Bertz CT molecular complexity index is 701. The third-order valence-corrected chi connectivity index (χ3v) is 3.91. The van der Waals surface area contributed by atoms with Crippen LogP contribution in [-0.2, 0) is 11.3 Å². The second kappa shape index (κ2) is 9.47. The van der Waals surface area contributed by atoms with Gasteiger partial charge in [-0.15, -0.1) is 0 Å². The number of benzene rings is 2. The van der Waals surface area contributed by atoms with E-state index in [1.165, 1.54) is 0 Å². The molecule has 0 atom stereocenters. The van der Waals surface area contributed by atoms with Crippen molar-refractivity contribution in [2.75, 3.05) is 20.2 Å². The number of nitrogens with zero attached hydrogens (tertiary/aromatic N) is 1. The van der Waals surface area contributed by atoms with Crippen molar-refractivity contribution in [1.29, 1.82) is 0 Å². The summed E-state index contributed by atoms with van der Waals surface area (Å²) in [7, 11) is 1.56. The number of amides is 2. The van der Waals surface area contributed by atoms with Gasteiger partial charge in [-0.2, -0.15) is 0 Å². The van der Waals surface area contributed by atoms with Gasteiger partial charge in [-0.1, -0.05) is 36.4 Å². The lowest BCUT2D eigenvalue weighted by atomic mass is 10.2. The Morgan fingerprint density at radius 1 is 1.08 bits per heavy atom. The van der Waals surface area contributed by atoms with Gasteiger partial charge in [-0.05, 0) is 30.7 Å². The molecule has 0 aliphatic carbocycles. The Morgan fingerprint density at radius 3 is 2.52 bits per heavy atom. The van der Waals surface area contributed by atoms with E-state index in [1.54, 1.807) is 36.3 Å². The van der Waals surface area contributed by atoms with Gasteiger partial charge in [0.15, 0.2) is 0 Å². The van der Waals surface area contributed by atoms with E-state index < -0.39 is 0 Å². The maximum Gasteiger partial charge on any atom is 0.251 e. The molecule has 0 spiro atoms. The number of rotatable bonds is 8. The lowest BCUT2D eigenvalue weighted by Crippen LogP contribution is -2.34. The van der Waals surface area contributed by atoms with Gasteiger partial charge in [0.25, 0.3) is 5.91 Å². The Kier molecular flexibility index (Phi) is 7.01. The number of carbonyl (C=O) groups excluding carboxylic acids is 2. The summed E-state index contributed by atoms with van der Waals surface area (Å²) < 4.78 is 5.11. The second-order valence-corrected chi connectivity index (χ2v) is 5.63. The number of ether oxygens (including phenoxy) is 1. The zero-order valence-corrected chi connectivity index (χ0v) is 14.7. The largest absolute Gasteiger partial charge is 0.497 e. The molecule has 0 saturated heterocycles. The van der Waals surface area contributed by atoms with Crippen LogP contribution >= 0.6 is 0 Å². The topological polar surface area (TPSA) is 58.6 Å². The number of carbonyl (C=O) groups is 2. The molecule has 2 rings (SSSR count). The molecule has 2 aromatic rings. The van der Waals surface area contributed by atoms with Crippen LogP contribution in [0.4, 0.5) is 0 Å². The van der Waals surface area contributed by atoms with Crippen LogP contribution < -0.4 is 10.1 Å². The molecule has 0 aromatic heterocycles. The van der Waals surface area contributed by atoms with Gasteiger partial charge in [-0.25, -0.2) is 0 Å². The monoisotopic (exact) mass is 340 g/mol. The highest BCUT2D eigenvalue weighted by atomic mass is 16.5. The van der Waals surface area contributed by atoms with Gasteiger partial charge in [0.1, 0.15) is 5.75 Å². The summed E-state index contributed by atoms with van der Waals surface area (Å²) in [4.78, 5) is 26.3. The van der Waals surface area contributed by atoms with Crippen LogP contribution in [0, 0.1) is 0 Å². The number of hydrogen-bond acceptors (Lipinski definition) is 3. The minimum absolute atomic E-state index is 0.0253. The van der Waals surface area contributed by atoms with Crippen molar-refractivity contribution in [2.24, 2.45) is 0 Å². The molecule has 0 saturated carbocycles. The molecule has 0 radical (unpaired) electrons. The molecule has 0 unspecified atom stereocenters. The molecule has 0 heterocycles. The van der Waals surface area contributed by atoms with Crippen LogP contribution in [0.3, 0.4) is 0 Å². The standard InChI is InChI=1S/C20H24N2O3/c1-3-22(15-16-8-5-4-6-9-16)19(23)12-13-21-20(24)17-10-7-11-18(14-17)25-2/h4-11,14H,3,12-13,15H2,1-2H3,(H,21,24). The van der Waals surface area contributed by atoms with Gasteiger partial charge in [0.05, 0.1) is 7.11 Å². The molecule has 0 aliphatic rings. The van der Waals surface area contributed by atoms with E-state index in [-0.39, 0.29) is 18.2 Å². The van der Waals surface area contributed by atoms with Crippen molar-refractivity contribution in [1.82, 2.24) is 10.2 Å². The van der Waals surface area contributed by atoms with E-state index in [9.17, 15) is 9.59 Å². The summed E-state index contributed by atoms with van der Waals surface area (Å²) in [5, 5.41) is 2.78. The molecule has 2 amide bonds. The van der Waals surface area contributed by atoms with Crippen molar-refractivity contribution in [3.05, 3.63) is 65.7 Å². The fourth-order valence-corrected chi connectivity index (χ4v) is 2.49. The highest BCUT2D eigenvalue weighted by molar-refractivity contribution is 5.94. The third kappa shape index (κ3) is 5.64. The molecule has 132 valence electrons. The molecule has 1 N–H and O–H groups in total. The summed E-state index contributed by atoms with van der Waals surface area (Å²) in [6, 6.07) is 16.8. The fourth-order valence-electron chi connectivity index (χ4n) is 2.49. The van der Waals surface area contributed by atoms with Crippen LogP contribution in [0.15, 0.2) is 54.6 Å². The van der Waals surface area contributed by atoms with Crippen LogP contribution in [0.1, 0.15) is 29.3 Å². The second-order valence-electron chi connectivity index (χ2n) is 5.63. The van der Waals surface area contributed by atoms with Crippen molar-refractivity contribution in [2.45, 2.75) is 19.9 Å². The number of methoxy groups -OCH3 is 1. The average molecular weight is 340 g/mol. The zero-order chi connectivity index (χ0) is 18.1. The van der Waals surface area contributed by atoms with Crippen molar-refractivity contribution >= 4 is 11.8 Å². The fraction of sp³-hybridized carbons (Fsp3) is 0.300. The third-order valence-electron chi connectivity index (χ3n) is 3.91. The maximum atomic E-state index is 12.4. The summed E-state index contributed by atoms with van der Waals surface area (Å²) in [6.45, 7) is 3.48. The Hall–Kier alpha value is -2.82. The van der Waals surface area contributed by atoms with Gasteiger partial charge in [-0.3, -0.25) is 9.59 Å². The molecule has 5 heteroatoms. The lowest BCUT2D eigenvalue weighted by Gasteiger charge is -2.21. The molecule has 0 fully saturated rings. The summed E-state index contributed by atoms with van der Waals surface area (Å²) >= 11 is 0. The van der Waals surface area contributed by atoms with Crippen molar-refractivity contribution in [3.8, 4) is 5.75 Å². The summed E-state index contributed by atoms with van der Waals surface area (Å²) in [5.41, 5.74) is 1.61. The van der Waals surface area contributed by atoms with Crippen LogP contribution in [0.25, 0.3) is 0 Å². The van der Waals surface area contributed by atoms with Gasteiger partial charge in [0, 0.05) is 31.6 Å². The Balaban J connectivity index is 1.83. The van der Waals surface area contributed by atoms with Gasteiger partial charge < -0.3 is 15.0 Å². The first kappa shape index (κ1) is 18.5. The Labute approximate surface area is 148 Å². The van der Waals surface area contributed by atoms with Crippen molar-refractivity contribution in [3.63, 3.8) is 0 Å². The van der Waals surface area contributed by atoms with Crippen LogP contribution in [-0.4, -0.2) is 36.9 Å². The van der Waals surface area contributed by atoms with E-state index in [4.69, 9.17) is 4.74 Å². The minimum Gasteiger partial charge on any atom is -0.497 e. The first-order chi connectivity index (χ1) is 12.1. The normalized spacial score (nSPS) is 10.2. The maximum absolute atomic E-state index is 12.4. The predicted octanol–water partition coefficient (Wildman–Crippen LogP) is 2.86. The Morgan fingerprint density at radius 2 is 1.84 bits per heavy atom. The predicted molar refractivity (Wildman–Crippen MR) is 97.5 cm³/mol. The smallest absolute Gasteiger partial charge is 0.251 e. The first-order valence-electron chi connectivity index (χ1n) is 8.38. The molecule has 5 nitrogen and oxygen atoms in total. The van der Waals surface area contributed by atoms with E-state index in [0.717, 1.165) is 5.56 Å². The van der Waals surface area contributed by atoms with E-state index in [2.05, 4.69) is 5.32 Å². The highest BCUT2D eigenvalue weighted by Crippen LogP contribution is 2.12. The average Bonchev–Trinajstić information content (AvgIpc) is 2.66. The van der Waals surface area contributed by atoms with E-state index in [1.807, 2.05) is 37.3 Å². The molecule has 2 aromatic carbocycles. The quantitative estimate of drug-likeness (QED) is 0.804. The van der Waals surface area contributed by atoms with Gasteiger partial charge in [0.2, 0.25) is 5.91 Å². The summed E-state index contributed by atoms with van der Waals surface area (Å²) in [6.07, 6.45) is 0.274. The van der Waals surface area contributed by atoms with E-state index in [0.29, 0.717) is 30.9 Å². The number of nitrogens with one attached hydrogen (secondary N) is 1. The van der Waals surface area contributed by atoms with E-state index >= 15 is 0 Å². The highest BCUT2D eigenvalue weighted by Gasteiger charge is 2.13. The van der Waals surface area contributed by atoms with Gasteiger partial charge >= 0.3 is 0 Å².